The van der Waals surface area contributed by atoms with E-state index in [-0.39, 0.29) is 23.6 Å². The Labute approximate surface area is 139 Å². The second-order valence-corrected chi connectivity index (χ2v) is 5.25. The molecule has 0 bridgehead atoms. The fourth-order valence-corrected chi connectivity index (χ4v) is 2.37. The van der Waals surface area contributed by atoms with E-state index >= 15 is 0 Å². The summed E-state index contributed by atoms with van der Waals surface area (Å²) in [5.41, 5.74) is 0.118. The predicted octanol–water partition coefficient (Wildman–Crippen LogP) is 1.53. The van der Waals surface area contributed by atoms with E-state index < -0.39 is 23.6 Å². The van der Waals surface area contributed by atoms with Gasteiger partial charge in [-0.1, -0.05) is 5.16 Å². The van der Waals surface area contributed by atoms with Crippen molar-refractivity contribution in [1.82, 2.24) is 19.6 Å². The van der Waals surface area contributed by atoms with Crippen LogP contribution in [0.4, 0.5) is 14.7 Å². The summed E-state index contributed by atoms with van der Waals surface area (Å²) < 4.78 is 28.5. The molecule has 0 fully saturated rings. The molecule has 1 aliphatic rings. The molecule has 0 aliphatic carbocycles. The zero-order valence-electron chi connectivity index (χ0n) is 12.6. The number of carbonyl (C=O) groups is 1. The zero-order chi connectivity index (χ0) is 17.4. The second kappa shape index (κ2) is 5.89. The Kier molecular flexibility index (Phi) is 3.56. The molecule has 126 valence electrons. The van der Waals surface area contributed by atoms with Gasteiger partial charge in [-0.2, -0.15) is 4.98 Å². The molecule has 10 heteroatoms. The zero-order valence-corrected chi connectivity index (χ0v) is 12.6. The molecule has 0 radical (unpaired) electrons. The summed E-state index contributed by atoms with van der Waals surface area (Å²) in [6.45, 7) is 0. The summed E-state index contributed by atoms with van der Waals surface area (Å²) in [5.74, 6) is -1.42. The number of fused-ring (bicyclic) bond motifs is 1. The highest BCUT2D eigenvalue weighted by atomic mass is 19.1. The Balaban J connectivity index is 1.47. The molecule has 1 amide bonds. The van der Waals surface area contributed by atoms with Crippen molar-refractivity contribution in [3.8, 4) is 0 Å². The number of rotatable bonds is 3. The predicted molar refractivity (Wildman–Crippen MR) is 81.8 cm³/mol. The number of hydrogen-bond donors (Lipinski definition) is 1. The Bertz CT molecular complexity index is 970. The van der Waals surface area contributed by atoms with E-state index in [2.05, 4.69) is 25.5 Å². The Morgan fingerprint density at radius 3 is 3.08 bits per heavy atom. The van der Waals surface area contributed by atoms with E-state index in [1.165, 1.54) is 4.52 Å². The number of anilines is 1. The molecule has 1 aliphatic heterocycles. The van der Waals surface area contributed by atoms with Gasteiger partial charge in [0.2, 0.25) is 6.10 Å². The van der Waals surface area contributed by atoms with Crippen molar-refractivity contribution >= 4 is 23.3 Å². The van der Waals surface area contributed by atoms with Gasteiger partial charge in [-0.05, 0) is 24.3 Å². The van der Waals surface area contributed by atoms with Crippen LogP contribution in [0.5, 0.6) is 0 Å². The highest BCUT2D eigenvalue weighted by molar-refractivity contribution is 6.06. The number of nitrogens with zero attached hydrogens (tertiary/aromatic N) is 5. The first kappa shape index (κ1) is 15.1. The van der Waals surface area contributed by atoms with Crippen LogP contribution in [0.25, 0.3) is 5.78 Å². The first-order chi connectivity index (χ1) is 12.1. The molecule has 3 heterocycles. The first-order valence-corrected chi connectivity index (χ1v) is 7.26. The van der Waals surface area contributed by atoms with Gasteiger partial charge < -0.3 is 4.84 Å². The summed E-state index contributed by atoms with van der Waals surface area (Å²) in [7, 11) is 0. The van der Waals surface area contributed by atoms with Crippen molar-refractivity contribution in [2.45, 2.75) is 12.5 Å². The smallest absolute Gasteiger partial charge is 0.271 e. The number of carbonyl (C=O) groups excluding carboxylic acids is 1. The molecule has 0 unspecified atom stereocenters. The molecule has 4 rings (SSSR count). The van der Waals surface area contributed by atoms with E-state index in [4.69, 9.17) is 4.84 Å². The van der Waals surface area contributed by atoms with Crippen LogP contribution in [0.3, 0.4) is 0 Å². The standard InChI is InChI=1S/C15H10F2N6O2/c16-8-2-3-10(17)9(6-8)11-7-12(25-22-11)13(24)19-14-20-15-18-4-1-5-23(15)21-14/h1-6,12H,7H2,(H,19,21,24)/t12-/m0/s1. The van der Waals surface area contributed by atoms with Gasteiger partial charge in [-0.25, -0.2) is 18.3 Å². The Morgan fingerprint density at radius 2 is 2.24 bits per heavy atom. The van der Waals surface area contributed by atoms with Crippen LogP contribution >= 0.6 is 0 Å². The van der Waals surface area contributed by atoms with E-state index in [0.717, 1.165) is 18.2 Å². The van der Waals surface area contributed by atoms with Crippen LogP contribution in [0.15, 0.2) is 41.8 Å². The summed E-state index contributed by atoms with van der Waals surface area (Å²) in [4.78, 5) is 25.3. The average molecular weight is 344 g/mol. The number of amides is 1. The van der Waals surface area contributed by atoms with Crippen molar-refractivity contribution in [1.29, 1.82) is 0 Å². The molecule has 2 aromatic heterocycles. The Hall–Kier alpha value is -3.43. The fraction of sp³-hybridized carbons (Fsp3) is 0.133. The highest BCUT2D eigenvalue weighted by Crippen LogP contribution is 2.20. The third-order valence-electron chi connectivity index (χ3n) is 3.55. The van der Waals surface area contributed by atoms with Crippen LogP contribution in [0, 0.1) is 11.6 Å². The minimum absolute atomic E-state index is 0.00215. The average Bonchev–Trinajstić information content (AvgIpc) is 3.23. The van der Waals surface area contributed by atoms with Gasteiger partial charge >= 0.3 is 0 Å². The summed E-state index contributed by atoms with van der Waals surface area (Å²) in [5, 5.41) is 10.2. The van der Waals surface area contributed by atoms with Crippen molar-refractivity contribution < 1.29 is 18.4 Å². The largest absolute Gasteiger partial charge is 0.382 e. The lowest BCUT2D eigenvalue weighted by Gasteiger charge is -2.06. The number of benzene rings is 1. The van der Waals surface area contributed by atoms with Crippen LogP contribution in [-0.4, -0.2) is 37.3 Å². The molecule has 3 aromatic rings. The molecule has 25 heavy (non-hydrogen) atoms. The number of hydrogen-bond acceptors (Lipinski definition) is 6. The highest BCUT2D eigenvalue weighted by Gasteiger charge is 2.31. The first-order valence-electron chi connectivity index (χ1n) is 7.26. The van der Waals surface area contributed by atoms with Gasteiger partial charge in [0.25, 0.3) is 17.6 Å². The quantitative estimate of drug-likeness (QED) is 0.778. The van der Waals surface area contributed by atoms with E-state index in [1.807, 2.05) is 0 Å². The third-order valence-corrected chi connectivity index (χ3v) is 3.55. The van der Waals surface area contributed by atoms with Crippen molar-refractivity contribution in [3.05, 3.63) is 53.9 Å². The maximum atomic E-state index is 13.8. The van der Waals surface area contributed by atoms with Crippen LogP contribution in [-0.2, 0) is 9.63 Å². The third kappa shape index (κ3) is 2.89. The molecule has 1 atom stereocenters. The van der Waals surface area contributed by atoms with E-state index in [0.29, 0.717) is 5.78 Å². The van der Waals surface area contributed by atoms with Gasteiger partial charge in [0.05, 0.1) is 5.71 Å². The molecular weight excluding hydrogens is 334 g/mol. The number of halogens is 2. The molecule has 1 aromatic carbocycles. The summed E-state index contributed by atoms with van der Waals surface area (Å²) in [6, 6.07) is 4.67. The normalized spacial score (nSPS) is 16.6. The SMILES string of the molecule is O=C(Nc1nc2ncccn2n1)[C@@H]1CC(c2cc(F)ccc2F)=NO1. The van der Waals surface area contributed by atoms with Crippen LogP contribution < -0.4 is 5.32 Å². The van der Waals surface area contributed by atoms with Crippen molar-refractivity contribution in [2.75, 3.05) is 5.32 Å². The lowest BCUT2D eigenvalue weighted by atomic mass is 10.0. The van der Waals surface area contributed by atoms with E-state index in [1.54, 1.807) is 18.5 Å². The molecule has 0 saturated carbocycles. The summed E-state index contributed by atoms with van der Waals surface area (Å²) in [6.07, 6.45) is 2.18. The lowest BCUT2D eigenvalue weighted by Crippen LogP contribution is -2.28. The van der Waals surface area contributed by atoms with Gasteiger partial charge in [-0.15, -0.1) is 5.10 Å². The number of nitrogens with one attached hydrogen (secondary N) is 1. The summed E-state index contributed by atoms with van der Waals surface area (Å²) >= 11 is 0. The van der Waals surface area contributed by atoms with Gasteiger partial charge in [0.1, 0.15) is 11.6 Å². The maximum absolute atomic E-state index is 13.8. The minimum Gasteiger partial charge on any atom is -0.382 e. The monoisotopic (exact) mass is 344 g/mol. The van der Waals surface area contributed by atoms with E-state index in [9.17, 15) is 13.6 Å². The topological polar surface area (TPSA) is 93.8 Å². The van der Waals surface area contributed by atoms with Gasteiger partial charge in [0.15, 0.2) is 0 Å². The van der Waals surface area contributed by atoms with Crippen LogP contribution in [0.2, 0.25) is 0 Å². The molecule has 8 nitrogen and oxygen atoms in total. The second-order valence-electron chi connectivity index (χ2n) is 5.25. The maximum Gasteiger partial charge on any atom is 0.271 e. The van der Waals surface area contributed by atoms with Gasteiger partial charge in [-0.3, -0.25) is 10.1 Å². The van der Waals surface area contributed by atoms with Gasteiger partial charge in [0, 0.05) is 24.4 Å². The number of aromatic nitrogens is 4. The minimum atomic E-state index is -0.989. The fourth-order valence-electron chi connectivity index (χ4n) is 2.37. The Morgan fingerprint density at radius 1 is 1.36 bits per heavy atom. The lowest BCUT2D eigenvalue weighted by molar-refractivity contribution is -0.125. The molecule has 1 N–H and O–H groups in total. The number of oxime groups is 1. The molecule has 0 spiro atoms. The van der Waals surface area contributed by atoms with Crippen molar-refractivity contribution in [3.63, 3.8) is 0 Å². The van der Waals surface area contributed by atoms with Crippen molar-refractivity contribution in [2.24, 2.45) is 5.16 Å². The molecular formula is C15H10F2N6O2. The van der Waals surface area contributed by atoms with Crippen LogP contribution in [0.1, 0.15) is 12.0 Å². The molecule has 0 saturated heterocycles.